The molecule has 9 saturated heterocycles. The van der Waals surface area contributed by atoms with Gasteiger partial charge in [-0.3, -0.25) is 14.4 Å². The van der Waals surface area contributed by atoms with Crippen molar-refractivity contribution in [2.45, 2.75) is 130 Å². The molecule has 9 aromatic carbocycles. The van der Waals surface area contributed by atoms with Gasteiger partial charge in [0.05, 0.1) is 115 Å². The third kappa shape index (κ3) is 22.8. The number of nitrogens with one attached hydrogen (secondary N) is 1. The molecule has 3 amide bonds. The van der Waals surface area contributed by atoms with Crippen LogP contribution >= 0.6 is 11.8 Å². The van der Waals surface area contributed by atoms with Crippen LogP contribution in [0.2, 0.25) is 0 Å². The maximum atomic E-state index is 14.5. The Morgan fingerprint density at radius 1 is 0.466 bits per heavy atom. The number of quaternary nitrogens is 3. The Labute approximate surface area is 771 Å². The van der Waals surface area contributed by atoms with Crippen molar-refractivity contribution >= 4 is 47.4 Å². The molecule has 12 heterocycles. The average molecular weight is 1860 g/mol. The highest BCUT2D eigenvalue weighted by Crippen LogP contribution is 2.51. The second kappa shape index (κ2) is 42.1. The molecule has 0 spiro atoms. The van der Waals surface area contributed by atoms with Crippen molar-refractivity contribution in [3.05, 3.63) is 288 Å². The number of aryl methyl sites for hydroxylation is 1. The summed E-state index contributed by atoms with van der Waals surface area (Å²) < 4.78 is 119. The van der Waals surface area contributed by atoms with Gasteiger partial charge in [-0.1, -0.05) is 182 Å². The number of piperidine rings is 9. The van der Waals surface area contributed by atoms with Crippen LogP contribution in [-0.2, 0) is 40.9 Å². The number of alkyl halides is 9. The molecule has 133 heavy (non-hydrogen) atoms. The smallest absolute Gasteiger partial charge is 0.430 e. The Morgan fingerprint density at radius 3 is 1.30 bits per heavy atom. The number of rotatable bonds is 22. The number of carboxylic acids is 3. The first-order valence-corrected chi connectivity index (χ1v) is 46.2. The first kappa shape index (κ1) is 97.1. The predicted octanol–water partition coefficient (Wildman–Crippen LogP) is 15.1. The number of fused-ring (bicyclic) bond motifs is 16. The van der Waals surface area contributed by atoms with Crippen LogP contribution in [0, 0.1) is 17.8 Å². The number of aliphatic carboxylic acids is 3. The number of nitrogens with zero attached hydrogens (tertiary/aromatic N) is 6. The van der Waals surface area contributed by atoms with E-state index in [2.05, 4.69) is 142 Å². The number of halogens is 9. The van der Waals surface area contributed by atoms with Crippen LogP contribution in [-0.4, -0.2) is 210 Å². The number of amides is 3. The van der Waals surface area contributed by atoms with Gasteiger partial charge >= 0.3 is 18.5 Å². The van der Waals surface area contributed by atoms with Gasteiger partial charge in [0, 0.05) is 134 Å². The number of carboxylic acid groups (broad SMARTS) is 3. The van der Waals surface area contributed by atoms with E-state index in [4.69, 9.17) is 43.9 Å². The summed E-state index contributed by atoms with van der Waals surface area (Å²) in [4.78, 5) is 74.4. The Kier molecular flexibility index (Phi) is 30.7. The predicted molar refractivity (Wildman–Crippen MR) is 478 cm³/mol. The van der Waals surface area contributed by atoms with Gasteiger partial charge in [-0.05, 0) is 108 Å². The zero-order chi connectivity index (χ0) is 94.5. The zero-order valence-corrected chi connectivity index (χ0v) is 74.7. The van der Waals surface area contributed by atoms with E-state index in [1.54, 1.807) is 0 Å². The van der Waals surface area contributed by atoms with Crippen molar-refractivity contribution in [1.82, 2.24) is 19.7 Å². The minimum atomic E-state index is -5.19. The van der Waals surface area contributed by atoms with E-state index >= 15 is 0 Å². The quantitative estimate of drug-likeness (QED) is 0.0278. The van der Waals surface area contributed by atoms with Crippen LogP contribution in [0.15, 0.2) is 260 Å². The maximum Gasteiger partial charge on any atom is 0.430 e. The topological polar surface area (TPSA) is 243 Å². The molecule has 6 bridgehead atoms. The first-order valence-electron chi connectivity index (χ1n) is 45.2. The molecular weight excluding hydrogens is 1750 g/mol. The number of carbonyl (C=O) groups is 6. The van der Waals surface area contributed by atoms with Crippen molar-refractivity contribution in [2.24, 2.45) is 17.8 Å². The summed E-state index contributed by atoms with van der Waals surface area (Å²) in [5, 5.41) is 41.6. The maximum absolute atomic E-state index is 14.5. The molecule has 2 unspecified atom stereocenters. The molecule has 1 aliphatic carbocycles. The summed E-state index contributed by atoms with van der Waals surface area (Å²) in [6.45, 7) is 18.6. The van der Waals surface area contributed by atoms with Crippen molar-refractivity contribution in [3.8, 4) is 51.0 Å². The highest BCUT2D eigenvalue weighted by Gasteiger charge is 2.55. The number of benzene rings is 9. The fourth-order valence-electron chi connectivity index (χ4n) is 21.0. The van der Waals surface area contributed by atoms with Gasteiger partial charge in [0.15, 0.2) is 5.60 Å². The van der Waals surface area contributed by atoms with E-state index in [9.17, 15) is 59.0 Å². The van der Waals surface area contributed by atoms with E-state index in [0.717, 1.165) is 142 Å². The zero-order valence-electron chi connectivity index (χ0n) is 73.9. The SMILES string of the molecule is CCN(C(=O)C1c2ccccc2Oc2ccccc21)C1C[N+]2(CCCOc3ccc(-c4ccccc4)cc3)CCC1CC2.CN(C(=O)C1c2ccccc2Oc2ccccc21)C1C[N+]2(CCCn3cccc3)CCC1CC2.O=C(N[C@H]1C[N+]2(CCCSc3ccccc3)CCC1CC2)C1(O)c2ccccc2-c2ccccc21.O=C([O-])C(F)(F)F.O=C([O-])C(F)(F)F.O=C([O-])C(F)(F)F. The molecule has 0 radical (unpaired) electrons. The fourth-order valence-corrected chi connectivity index (χ4v) is 21.9. The monoisotopic (exact) mass is 1850 g/mol. The van der Waals surface area contributed by atoms with Crippen LogP contribution in [0.3, 0.4) is 0 Å². The number of carbonyl (C=O) groups excluding carboxylic acids is 6. The highest BCUT2D eigenvalue weighted by atomic mass is 32.2. The minimum Gasteiger partial charge on any atom is -0.542 e. The molecule has 22 rings (SSSR count). The van der Waals surface area contributed by atoms with Gasteiger partial charge < -0.3 is 82.2 Å². The minimum absolute atomic E-state index is 0.121. The van der Waals surface area contributed by atoms with E-state index in [-0.39, 0.29) is 41.6 Å². The number of hydrogen-bond acceptors (Lipinski definition) is 14. The Balaban J connectivity index is 0.000000145. The molecule has 30 heteroatoms. The number of thioether (sulfide) groups is 1. The molecule has 3 atom stereocenters. The van der Waals surface area contributed by atoms with Crippen molar-refractivity contribution < 1.29 is 116 Å². The molecule has 702 valence electrons. The molecule has 10 aromatic rings. The molecular formula is C103H108F9N7O13S. The largest absolute Gasteiger partial charge is 0.542 e. The van der Waals surface area contributed by atoms with Crippen molar-refractivity contribution in [2.75, 3.05) is 104 Å². The van der Waals surface area contributed by atoms with E-state index in [1.807, 2.05) is 158 Å². The van der Waals surface area contributed by atoms with Crippen LogP contribution < -0.4 is 34.8 Å². The fraction of sp³-hybridized carbons (Fsp3) is 0.379. The van der Waals surface area contributed by atoms with Gasteiger partial charge in [-0.15, -0.1) is 11.8 Å². The summed E-state index contributed by atoms with van der Waals surface area (Å²) in [5.74, 6) is -2.57. The standard InChI is InChI=1S/C38H41N2O3.C30H32N2O2S.C29H34N3O2.3C2HF3O2/c1-2-39(38(41)37-32-13-6-8-15-35(32)43-36-16-9-7-14-33(36)37)34-27-40(24-21-30(34)22-25-40)23-10-26-42-31-19-17-29(18-20-31)28-11-4-3-5-12-28;33-29(30(34)26-13-6-4-11-24(26)25-12-5-7-14-27(25)30)31-28-21-32(18-15-22(28)16-19-32)17-8-20-35-23-9-2-1-3-10-23;1-30(25-21-32(19-13-22(25)14-20-32)18-8-17-31-15-6-7-16-31)29(33)28-23-9-2-4-11-26(23)34-27-12-5-3-10-24(27)28;3*3-2(4,5)1(6)7/h3-9,11-20,30,34,37H,2,10,21-27H2,1H3;1-7,9-14,22,28,34H,8,15-21H2;2-7,9-12,15-16,22,25,28H,8,13-14,17-21H2,1H3;3*(H,6,7)/q+1;;+1;;;/p-2/t;22?,28-,32?;;;;/m.0..../s1. The lowest BCUT2D eigenvalue weighted by molar-refractivity contribution is -0.945. The normalized spacial score (nSPS) is 22.2. The summed E-state index contributed by atoms with van der Waals surface area (Å²) >= 11 is 1.93. The molecule has 0 saturated carbocycles. The summed E-state index contributed by atoms with van der Waals surface area (Å²) in [6, 6.07) is 82.0. The molecule has 12 aliphatic rings. The van der Waals surface area contributed by atoms with Gasteiger partial charge in [-0.25, -0.2) is 0 Å². The average Bonchev–Trinajstić information content (AvgIpc) is 1.33. The van der Waals surface area contributed by atoms with Crippen LogP contribution in [0.4, 0.5) is 39.5 Å². The van der Waals surface area contributed by atoms with Crippen molar-refractivity contribution in [3.63, 3.8) is 0 Å². The number of ether oxygens (including phenoxy) is 3. The molecule has 2 N–H and O–H groups in total. The number of likely N-dealkylation sites (N-methyl/N-ethyl adjacent to an activating group) is 2. The molecule has 1 aromatic heterocycles. The highest BCUT2D eigenvalue weighted by molar-refractivity contribution is 7.99. The summed E-state index contributed by atoms with van der Waals surface area (Å²) in [5.41, 5.74) is 8.01. The second-order valence-electron chi connectivity index (χ2n) is 35.6. The first-order chi connectivity index (χ1) is 63.7. The summed E-state index contributed by atoms with van der Waals surface area (Å²) in [7, 11) is 2.05. The van der Waals surface area contributed by atoms with Gasteiger partial charge in [-0.2, -0.15) is 39.5 Å². The number of hydrogen-bond donors (Lipinski definition) is 2. The molecule has 11 aliphatic heterocycles. The van der Waals surface area contributed by atoms with Crippen LogP contribution in [0.25, 0.3) is 22.3 Å². The molecule has 9 fully saturated rings. The Bertz CT molecular complexity index is 5460. The van der Waals surface area contributed by atoms with E-state index in [0.29, 0.717) is 41.5 Å². The lowest BCUT2D eigenvalue weighted by atomic mass is 9.79. The van der Waals surface area contributed by atoms with Gasteiger partial charge in [0.25, 0.3) is 5.91 Å². The number of aliphatic hydroxyl groups is 1. The van der Waals surface area contributed by atoms with Gasteiger partial charge in [0.2, 0.25) is 11.8 Å². The van der Waals surface area contributed by atoms with Crippen LogP contribution in [0.5, 0.6) is 28.7 Å². The Morgan fingerprint density at radius 2 is 0.842 bits per heavy atom. The van der Waals surface area contributed by atoms with E-state index < -0.39 is 42.0 Å². The van der Waals surface area contributed by atoms with Gasteiger partial charge in [0.1, 0.15) is 46.7 Å². The Hall–Kier alpha value is -12.0. The third-order valence-electron chi connectivity index (χ3n) is 27.7. The number of aromatic nitrogens is 1. The van der Waals surface area contributed by atoms with Crippen LogP contribution in [0.1, 0.15) is 110 Å². The van der Waals surface area contributed by atoms with Crippen molar-refractivity contribution in [1.29, 1.82) is 0 Å². The third-order valence-corrected chi connectivity index (χ3v) is 28.8. The second-order valence-corrected chi connectivity index (χ2v) is 36.8. The lowest BCUT2D eigenvalue weighted by Gasteiger charge is -2.55. The summed E-state index contributed by atoms with van der Waals surface area (Å²) in [6.07, 6.45) is -0.750. The number of para-hydroxylation sites is 4. The van der Waals surface area contributed by atoms with E-state index in [1.165, 1.54) is 105 Å². The lowest BCUT2D eigenvalue weighted by Crippen LogP contribution is -2.68. The molecule has 20 nitrogen and oxygen atoms in total.